The molecule has 1 saturated heterocycles. The van der Waals surface area contributed by atoms with Gasteiger partial charge in [0.05, 0.1) is 18.8 Å². The fourth-order valence-electron chi connectivity index (χ4n) is 1.88. The standard InChI is InChI=1S/C13H20N4O2/c1-3-4-5-19-13(18)15-11-8-17(9-11)12-6-10(2)7-14-16-12/h6-7,11H,3-5,8-9H2,1-2H3,(H,15,18). The molecule has 0 atom stereocenters. The Balaban J connectivity index is 1.70. The molecule has 1 aromatic rings. The van der Waals surface area contributed by atoms with Gasteiger partial charge in [-0.05, 0) is 25.0 Å². The Kier molecular flexibility index (Phi) is 4.54. The van der Waals surface area contributed by atoms with Crippen molar-refractivity contribution in [3.63, 3.8) is 0 Å². The van der Waals surface area contributed by atoms with E-state index in [0.29, 0.717) is 6.61 Å². The van der Waals surface area contributed by atoms with Gasteiger partial charge in [-0.25, -0.2) is 4.79 Å². The van der Waals surface area contributed by atoms with Crippen molar-refractivity contribution in [2.45, 2.75) is 32.7 Å². The Hall–Kier alpha value is -1.85. The van der Waals surface area contributed by atoms with E-state index in [1.165, 1.54) is 0 Å². The normalized spacial score (nSPS) is 14.9. The molecule has 0 radical (unpaired) electrons. The molecule has 0 saturated carbocycles. The highest BCUT2D eigenvalue weighted by Crippen LogP contribution is 2.18. The highest BCUT2D eigenvalue weighted by molar-refractivity contribution is 5.68. The quantitative estimate of drug-likeness (QED) is 0.816. The van der Waals surface area contributed by atoms with Crippen LogP contribution in [0.15, 0.2) is 12.3 Å². The van der Waals surface area contributed by atoms with Gasteiger partial charge in [0.25, 0.3) is 0 Å². The van der Waals surface area contributed by atoms with Crippen molar-refractivity contribution < 1.29 is 9.53 Å². The van der Waals surface area contributed by atoms with Crippen LogP contribution < -0.4 is 10.2 Å². The van der Waals surface area contributed by atoms with Crippen LogP contribution >= 0.6 is 0 Å². The van der Waals surface area contributed by atoms with Gasteiger partial charge in [0.15, 0.2) is 5.82 Å². The second kappa shape index (κ2) is 6.36. The molecule has 19 heavy (non-hydrogen) atoms. The van der Waals surface area contributed by atoms with Crippen molar-refractivity contribution >= 4 is 11.9 Å². The highest BCUT2D eigenvalue weighted by atomic mass is 16.5. The maximum atomic E-state index is 11.4. The SMILES string of the molecule is CCCCOC(=O)NC1CN(c2cc(C)cnn2)C1. The molecule has 0 spiro atoms. The number of unbranched alkanes of at least 4 members (excludes halogenated alkanes) is 1. The summed E-state index contributed by atoms with van der Waals surface area (Å²) in [6, 6.07) is 2.12. The van der Waals surface area contributed by atoms with Crippen molar-refractivity contribution in [3.8, 4) is 0 Å². The van der Waals surface area contributed by atoms with E-state index in [1.807, 2.05) is 13.0 Å². The van der Waals surface area contributed by atoms with Crippen molar-refractivity contribution in [1.82, 2.24) is 15.5 Å². The Labute approximate surface area is 113 Å². The van der Waals surface area contributed by atoms with Gasteiger partial charge in [0.2, 0.25) is 0 Å². The number of hydrogen-bond donors (Lipinski definition) is 1. The number of aromatic nitrogens is 2. The first-order valence-electron chi connectivity index (χ1n) is 6.66. The number of alkyl carbamates (subject to hydrolysis) is 1. The molecule has 104 valence electrons. The molecule has 2 heterocycles. The van der Waals surface area contributed by atoms with Crippen LogP contribution in [0.2, 0.25) is 0 Å². The van der Waals surface area contributed by atoms with Crippen LogP contribution in [0.5, 0.6) is 0 Å². The first-order valence-corrected chi connectivity index (χ1v) is 6.66. The summed E-state index contributed by atoms with van der Waals surface area (Å²) >= 11 is 0. The minimum Gasteiger partial charge on any atom is -0.450 e. The summed E-state index contributed by atoms with van der Waals surface area (Å²) in [6.45, 7) is 6.04. The van der Waals surface area contributed by atoms with Crippen LogP contribution in [0.3, 0.4) is 0 Å². The van der Waals surface area contributed by atoms with E-state index >= 15 is 0 Å². The summed E-state index contributed by atoms with van der Waals surface area (Å²) in [5, 5.41) is 10.8. The van der Waals surface area contributed by atoms with Crippen molar-refractivity contribution in [3.05, 3.63) is 17.8 Å². The van der Waals surface area contributed by atoms with Crippen molar-refractivity contribution in [1.29, 1.82) is 0 Å². The lowest BCUT2D eigenvalue weighted by Gasteiger charge is -2.39. The van der Waals surface area contributed by atoms with Crippen LogP contribution in [0.1, 0.15) is 25.3 Å². The topological polar surface area (TPSA) is 67.3 Å². The third kappa shape index (κ3) is 3.81. The zero-order valence-corrected chi connectivity index (χ0v) is 11.4. The first-order chi connectivity index (χ1) is 9.19. The van der Waals surface area contributed by atoms with Crippen LogP contribution in [0, 0.1) is 6.92 Å². The molecular formula is C13H20N4O2. The molecule has 1 amide bonds. The number of nitrogens with zero attached hydrogens (tertiary/aromatic N) is 3. The smallest absolute Gasteiger partial charge is 0.407 e. The average Bonchev–Trinajstić information content (AvgIpc) is 2.33. The zero-order chi connectivity index (χ0) is 13.7. The Morgan fingerprint density at radius 1 is 1.58 bits per heavy atom. The minimum atomic E-state index is -0.326. The predicted molar refractivity (Wildman–Crippen MR) is 72.2 cm³/mol. The van der Waals surface area contributed by atoms with Crippen LogP contribution in [-0.2, 0) is 4.74 Å². The number of ether oxygens (including phenoxy) is 1. The summed E-state index contributed by atoms with van der Waals surface area (Å²) in [5.74, 6) is 0.859. The monoisotopic (exact) mass is 264 g/mol. The number of hydrogen-bond acceptors (Lipinski definition) is 5. The molecule has 0 aliphatic carbocycles. The maximum absolute atomic E-state index is 11.4. The minimum absolute atomic E-state index is 0.136. The Morgan fingerprint density at radius 3 is 3.05 bits per heavy atom. The summed E-state index contributed by atoms with van der Waals surface area (Å²) in [4.78, 5) is 13.5. The van der Waals surface area contributed by atoms with Crippen molar-refractivity contribution in [2.75, 3.05) is 24.6 Å². The highest BCUT2D eigenvalue weighted by Gasteiger charge is 2.29. The van der Waals surface area contributed by atoms with Crippen LogP contribution in [-0.4, -0.2) is 42.0 Å². The van der Waals surface area contributed by atoms with E-state index < -0.39 is 0 Å². The van der Waals surface area contributed by atoms with Crippen LogP contribution in [0.4, 0.5) is 10.6 Å². The van der Waals surface area contributed by atoms with E-state index in [1.54, 1.807) is 6.20 Å². The molecule has 0 bridgehead atoms. The number of nitrogens with one attached hydrogen (secondary N) is 1. The third-order valence-electron chi connectivity index (χ3n) is 3.04. The van der Waals surface area contributed by atoms with Gasteiger partial charge in [0, 0.05) is 13.1 Å². The molecule has 0 unspecified atom stereocenters. The molecule has 6 heteroatoms. The molecule has 1 fully saturated rings. The molecule has 1 N–H and O–H groups in total. The fraction of sp³-hybridized carbons (Fsp3) is 0.615. The summed E-state index contributed by atoms with van der Waals surface area (Å²) in [7, 11) is 0. The van der Waals surface area contributed by atoms with Crippen molar-refractivity contribution in [2.24, 2.45) is 0 Å². The van der Waals surface area contributed by atoms with Gasteiger partial charge >= 0.3 is 6.09 Å². The van der Waals surface area contributed by atoms with Gasteiger partial charge in [-0.15, -0.1) is 5.10 Å². The number of amides is 1. The molecule has 0 aromatic carbocycles. The van der Waals surface area contributed by atoms with Crippen LogP contribution in [0.25, 0.3) is 0 Å². The van der Waals surface area contributed by atoms with Gasteiger partial charge < -0.3 is 15.0 Å². The summed E-state index contributed by atoms with van der Waals surface area (Å²) in [5.41, 5.74) is 1.08. The zero-order valence-electron chi connectivity index (χ0n) is 11.4. The molecular weight excluding hydrogens is 244 g/mol. The van der Waals surface area contributed by atoms with Gasteiger partial charge in [0.1, 0.15) is 0 Å². The summed E-state index contributed by atoms with van der Waals surface area (Å²) < 4.78 is 5.05. The Bertz CT molecular complexity index is 432. The van der Waals surface area contributed by atoms with Gasteiger partial charge in [-0.1, -0.05) is 13.3 Å². The molecule has 1 aliphatic heterocycles. The van der Waals surface area contributed by atoms with E-state index in [2.05, 4.69) is 27.3 Å². The predicted octanol–water partition coefficient (Wildman–Crippen LogP) is 1.50. The van der Waals surface area contributed by atoms with E-state index in [9.17, 15) is 4.79 Å². The number of aryl methyl sites for hydroxylation is 1. The largest absolute Gasteiger partial charge is 0.450 e. The Morgan fingerprint density at radius 2 is 2.37 bits per heavy atom. The molecule has 6 nitrogen and oxygen atoms in total. The second-order valence-electron chi connectivity index (χ2n) is 4.83. The lowest BCUT2D eigenvalue weighted by Crippen LogP contribution is -2.59. The average molecular weight is 264 g/mol. The lowest BCUT2D eigenvalue weighted by molar-refractivity contribution is 0.138. The lowest BCUT2D eigenvalue weighted by atomic mass is 10.1. The van der Waals surface area contributed by atoms with E-state index in [0.717, 1.165) is 37.3 Å². The van der Waals surface area contributed by atoms with Gasteiger partial charge in [-0.2, -0.15) is 5.10 Å². The number of anilines is 1. The van der Waals surface area contributed by atoms with E-state index in [-0.39, 0.29) is 12.1 Å². The molecule has 1 aromatic heterocycles. The second-order valence-corrected chi connectivity index (χ2v) is 4.83. The maximum Gasteiger partial charge on any atom is 0.407 e. The number of carbonyl (C=O) groups is 1. The number of rotatable bonds is 5. The van der Waals surface area contributed by atoms with Gasteiger partial charge in [-0.3, -0.25) is 0 Å². The third-order valence-corrected chi connectivity index (χ3v) is 3.04. The molecule has 1 aliphatic rings. The number of carbonyl (C=O) groups excluding carboxylic acids is 1. The fourth-order valence-corrected chi connectivity index (χ4v) is 1.88. The summed E-state index contributed by atoms with van der Waals surface area (Å²) in [6.07, 6.45) is 3.33. The first kappa shape index (κ1) is 13.6. The van der Waals surface area contributed by atoms with E-state index in [4.69, 9.17) is 4.74 Å². The molecule has 2 rings (SSSR count).